The smallest absolute Gasteiger partial charge is 0.309 e. The average molecular weight is 362 g/mol. The molecule has 0 saturated carbocycles. The summed E-state index contributed by atoms with van der Waals surface area (Å²) in [6.07, 6.45) is 1.50. The maximum absolute atomic E-state index is 12.0. The molecule has 0 unspecified atom stereocenters. The highest BCUT2D eigenvalue weighted by Gasteiger charge is 2.55. The molecular formula is C19H26N2O5. The molecule has 7 nitrogen and oxygen atoms in total. The van der Waals surface area contributed by atoms with Crippen LogP contribution in [0.3, 0.4) is 0 Å². The van der Waals surface area contributed by atoms with Gasteiger partial charge in [0.15, 0.2) is 0 Å². The molecule has 1 aromatic rings. The fourth-order valence-electron chi connectivity index (χ4n) is 4.11. The number of rotatable bonds is 6. The first-order chi connectivity index (χ1) is 12.5. The molecule has 2 aliphatic heterocycles. The Morgan fingerprint density at radius 3 is 2.42 bits per heavy atom. The molecule has 2 fully saturated rings. The minimum atomic E-state index is -0.862. The second-order valence-corrected chi connectivity index (χ2v) is 7.02. The number of ether oxygens (including phenoxy) is 2. The van der Waals surface area contributed by atoms with Crippen molar-refractivity contribution in [2.24, 2.45) is 5.92 Å². The Morgan fingerprint density at radius 2 is 1.85 bits per heavy atom. The van der Waals surface area contributed by atoms with Crippen LogP contribution < -0.4 is 9.47 Å². The first kappa shape index (κ1) is 18.5. The van der Waals surface area contributed by atoms with Gasteiger partial charge in [0, 0.05) is 33.1 Å². The van der Waals surface area contributed by atoms with Gasteiger partial charge in [-0.3, -0.25) is 14.5 Å². The molecular weight excluding hydrogens is 336 g/mol. The number of nitrogens with zero attached hydrogens (tertiary/aromatic N) is 2. The third-order valence-electron chi connectivity index (χ3n) is 5.83. The van der Waals surface area contributed by atoms with Crippen LogP contribution in [0, 0.1) is 5.92 Å². The monoisotopic (exact) mass is 362 g/mol. The van der Waals surface area contributed by atoms with E-state index in [4.69, 9.17) is 9.47 Å². The second-order valence-electron chi connectivity index (χ2n) is 7.02. The molecule has 1 amide bonds. The lowest BCUT2D eigenvalue weighted by Crippen LogP contribution is -2.56. The molecule has 1 N–H and O–H groups in total. The van der Waals surface area contributed by atoms with Crippen molar-refractivity contribution in [2.75, 3.05) is 40.4 Å². The van der Waals surface area contributed by atoms with Crippen molar-refractivity contribution in [3.63, 3.8) is 0 Å². The number of benzene rings is 1. The van der Waals surface area contributed by atoms with Gasteiger partial charge in [0.25, 0.3) is 0 Å². The SMILES string of the molecule is COc1ccc(OCCN2CCC3(CC2)[C@H](C(=O)O)CC(=O)N3C)cc1. The summed E-state index contributed by atoms with van der Waals surface area (Å²) in [5.41, 5.74) is -0.531. The van der Waals surface area contributed by atoms with Gasteiger partial charge in [0.1, 0.15) is 18.1 Å². The van der Waals surface area contributed by atoms with E-state index in [1.54, 1.807) is 19.1 Å². The third-order valence-corrected chi connectivity index (χ3v) is 5.83. The van der Waals surface area contributed by atoms with E-state index in [1.807, 2.05) is 24.3 Å². The van der Waals surface area contributed by atoms with Gasteiger partial charge in [-0.05, 0) is 37.1 Å². The number of amides is 1. The molecule has 3 rings (SSSR count). The van der Waals surface area contributed by atoms with Crippen molar-refractivity contribution in [3.8, 4) is 11.5 Å². The van der Waals surface area contributed by atoms with E-state index in [0.29, 0.717) is 19.4 Å². The summed E-state index contributed by atoms with van der Waals surface area (Å²) in [5.74, 6) is 0.0682. The molecule has 26 heavy (non-hydrogen) atoms. The number of carbonyl (C=O) groups excluding carboxylic acids is 1. The van der Waals surface area contributed by atoms with E-state index in [2.05, 4.69) is 4.90 Å². The van der Waals surface area contributed by atoms with Gasteiger partial charge in [-0.15, -0.1) is 0 Å². The van der Waals surface area contributed by atoms with E-state index in [0.717, 1.165) is 31.1 Å². The lowest BCUT2D eigenvalue weighted by atomic mass is 9.77. The van der Waals surface area contributed by atoms with Crippen LogP contribution in [0.5, 0.6) is 11.5 Å². The summed E-state index contributed by atoms with van der Waals surface area (Å²) in [5, 5.41) is 9.52. The van der Waals surface area contributed by atoms with Crippen molar-refractivity contribution >= 4 is 11.9 Å². The van der Waals surface area contributed by atoms with Crippen LogP contribution in [-0.4, -0.2) is 72.7 Å². The first-order valence-corrected chi connectivity index (χ1v) is 8.95. The van der Waals surface area contributed by atoms with Crippen LogP contribution in [0.15, 0.2) is 24.3 Å². The molecule has 1 spiro atoms. The van der Waals surface area contributed by atoms with Gasteiger partial charge in [-0.25, -0.2) is 0 Å². The molecule has 1 atom stereocenters. The Labute approximate surface area is 153 Å². The second kappa shape index (κ2) is 7.53. The maximum Gasteiger partial charge on any atom is 0.309 e. The first-order valence-electron chi connectivity index (χ1n) is 8.95. The Bertz CT molecular complexity index is 652. The largest absolute Gasteiger partial charge is 0.497 e. The van der Waals surface area contributed by atoms with Crippen LogP contribution >= 0.6 is 0 Å². The Balaban J connectivity index is 1.50. The van der Waals surface area contributed by atoms with Crippen LogP contribution in [-0.2, 0) is 9.59 Å². The van der Waals surface area contributed by atoms with E-state index in [-0.39, 0.29) is 12.3 Å². The number of methoxy groups -OCH3 is 1. The molecule has 0 aromatic heterocycles. The van der Waals surface area contributed by atoms with E-state index >= 15 is 0 Å². The van der Waals surface area contributed by atoms with E-state index in [9.17, 15) is 14.7 Å². The van der Waals surface area contributed by atoms with Gasteiger partial charge < -0.3 is 19.5 Å². The number of hydrogen-bond acceptors (Lipinski definition) is 5. The van der Waals surface area contributed by atoms with Crippen molar-refractivity contribution in [2.45, 2.75) is 24.8 Å². The summed E-state index contributed by atoms with van der Waals surface area (Å²) in [6.45, 7) is 2.88. The Kier molecular flexibility index (Phi) is 5.36. The predicted molar refractivity (Wildman–Crippen MR) is 95.4 cm³/mol. The van der Waals surface area contributed by atoms with E-state index < -0.39 is 17.4 Å². The van der Waals surface area contributed by atoms with Crippen molar-refractivity contribution in [3.05, 3.63) is 24.3 Å². The molecule has 7 heteroatoms. The van der Waals surface area contributed by atoms with Crippen molar-refractivity contribution in [1.82, 2.24) is 9.80 Å². The summed E-state index contributed by atoms with van der Waals surface area (Å²) in [4.78, 5) is 27.6. The highest BCUT2D eigenvalue weighted by atomic mass is 16.5. The number of aliphatic carboxylic acids is 1. The summed E-state index contributed by atoms with van der Waals surface area (Å²) in [7, 11) is 3.37. The number of carboxylic acids is 1. The van der Waals surface area contributed by atoms with Crippen molar-refractivity contribution < 1.29 is 24.2 Å². The van der Waals surface area contributed by atoms with Crippen LogP contribution in [0.25, 0.3) is 0 Å². The van der Waals surface area contributed by atoms with Crippen LogP contribution in [0.4, 0.5) is 0 Å². The Morgan fingerprint density at radius 1 is 1.23 bits per heavy atom. The molecule has 0 aliphatic carbocycles. The minimum absolute atomic E-state index is 0.0614. The van der Waals surface area contributed by atoms with Crippen LogP contribution in [0.2, 0.25) is 0 Å². The molecule has 2 aliphatic rings. The minimum Gasteiger partial charge on any atom is -0.497 e. The van der Waals surface area contributed by atoms with Gasteiger partial charge >= 0.3 is 5.97 Å². The zero-order chi connectivity index (χ0) is 18.7. The predicted octanol–water partition coefficient (Wildman–Crippen LogP) is 1.47. The number of piperidine rings is 1. The van der Waals surface area contributed by atoms with Gasteiger partial charge in [0.2, 0.25) is 5.91 Å². The zero-order valence-electron chi connectivity index (χ0n) is 15.3. The zero-order valence-corrected chi connectivity index (χ0v) is 15.3. The standard InChI is InChI=1S/C19H26N2O5/c1-20-17(22)13-16(18(23)24)19(20)7-9-21(10-8-19)11-12-26-15-5-3-14(25-2)4-6-15/h3-6,16H,7-13H2,1-2H3,(H,23,24)/t16-/m0/s1. The molecule has 1 aromatic carbocycles. The normalized spacial score (nSPS) is 22.6. The summed E-state index contributed by atoms with van der Waals surface area (Å²) < 4.78 is 10.9. The number of carbonyl (C=O) groups is 2. The van der Waals surface area contributed by atoms with Crippen LogP contribution in [0.1, 0.15) is 19.3 Å². The van der Waals surface area contributed by atoms with Gasteiger partial charge in [-0.2, -0.15) is 0 Å². The van der Waals surface area contributed by atoms with Gasteiger partial charge in [-0.1, -0.05) is 0 Å². The average Bonchev–Trinajstić information content (AvgIpc) is 2.89. The topological polar surface area (TPSA) is 79.3 Å². The number of likely N-dealkylation sites (tertiary alicyclic amines) is 2. The summed E-state index contributed by atoms with van der Waals surface area (Å²) >= 11 is 0. The quantitative estimate of drug-likeness (QED) is 0.826. The maximum atomic E-state index is 12.0. The Hall–Kier alpha value is -2.28. The van der Waals surface area contributed by atoms with Gasteiger partial charge in [0.05, 0.1) is 18.6 Å². The third kappa shape index (κ3) is 3.49. The lowest BCUT2D eigenvalue weighted by molar-refractivity contribution is -0.146. The highest BCUT2D eigenvalue weighted by Crippen LogP contribution is 2.42. The number of hydrogen-bond donors (Lipinski definition) is 1. The molecule has 2 heterocycles. The molecule has 0 radical (unpaired) electrons. The molecule has 2 saturated heterocycles. The fourth-order valence-corrected chi connectivity index (χ4v) is 4.11. The summed E-state index contributed by atoms with van der Waals surface area (Å²) in [6, 6.07) is 7.47. The lowest BCUT2D eigenvalue weighted by Gasteiger charge is -2.45. The fraction of sp³-hybridized carbons (Fsp3) is 0.579. The number of carboxylic acid groups (broad SMARTS) is 1. The molecule has 0 bridgehead atoms. The van der Waals surface area contributed by atoms with Crippen molar-refractivity contribution in [1.29, 1.82) is 0 Å². The highest BCUT2D eigenvalue weighted by molar-refractivity contribution is 5.88. The molecule has 142 valence electrons. The van der Waals surface area contributed by atoms with E-state index in [1.165, 1.54) is 0 Å².